The average Bonchev–Trinajstić information content (AvgIpc) is 2.63. The Morgan fingerprint density at radius 2 is 1.83 bits per heavy atom. The van der Waals surface area contributed by atoms with Crippen LogP contribution in [-0.2, 0) is 12.0 Å². The minimum Gasteiger partial charge on any atom is -0.385 e. The molecule has 0 aliphatic carbocycles. The number of piperidine rings is 1. The van der Waals surface area contributed by atoms with Gasteiger partial charge in [0.2, 0.25) is 0 Å². The van der Waals surface area contributed by atoms with Crippen molar-refractivity contribution in [1.82, 2.24) is 4.90 Å². The van der Waals surface area contributed by atoms with E-state index in [1.165, 1.54) is 24.0 Å². The van der Waals surface area contributed by atoms with Crippen molar-refractivity contribution in [2.45, 2.75) is 56.7 Å². The number of benzene rings is 1. The molecule has 0 radical (unpaired) electrons. The summed E-state index contributed by atoms with van der Waals surface area (Å²) in [4.78, 5) is 2.48. The van der Waals surface area contributed by atoms with Crippen molar-refractivity contribution in [3.8, 4) is 0 Å². The summed E-state index contributed by atoms with van der Waals surface area (Å²) in [7, 11) is 2.22. The zero-order valence-electron chi connectivity index (χ0n) is 11.4. The summed E-state index contributed by atoms with van der Waals surface area (Å²) in [6, 6.07) is 9.57. The van der Waals surface area contributed by atoms with E-state index in [9.17, 15) is 5.11 Å². The van der Waals surface area contributed by atoms with Gasteiger partial charge in [0, 0.05) is 12.1 Å². The Kier molecular flexibility index (Phi) is 2.95. The molecule has 1 N–H and O–H groups in total. The van der Waals surface area contributed by atoms with Gasteiger partial charge in [0.25, 0.3) is 0 Å². The summed E-state index contributed by atoms with van der Waals surface area (Å²) in [5, 5.41) is 11.1. The van der Waals surface area contributed by atoms with Crippen LogP contribution in [0.5, 0.6) is 0 Å². The van der Waals surface area contributed by atoms with E-state index in [0.29, 0.717) is 12.1 Å². The maximum Gasteiger partial charge on any atom is 0.0929 e. The van der Waals surface area contributed by atoms with Crippen LogP contribution in [0, 0.1) is 0 Å². The summed E-state index contributed by atoms with van der Waals surface area (Å²) in [5.41, 5.74) is 1.90. The molecule has 2 heteroatoms. The van der Waals surface area contributed by atoms with E-state index >= 15 is 0 Å². The van der Waals surface area contributed by atoms with Crippen molar-refractivity contribution in [1.29, 1.82) is 0 Å². The molecule has 2 nitrogen and oxygen atoms in total. The Bertz CT molecular complexity index is 428. The molecule has 0 spiro atoms. The van der Waals surface area contributed by atoms with Crippen molar-refractivity contribution in [2.24, 2.45) is 0 Å². The van der Waals surface area contributed by atoms with Gasteiger partial charge in [-0.2, -0.15) is 0 Å². The quantitative estimate of drug-likeness (QED) is 0.866. The van der Waals surface area contributed by atoms with Crippen LogP contribution in [0.4, 0.5) is 0 Å². The zero-order chi connectivity index (χ0) is 12.8. The van der Waals surface area contributed by atoms with E-state index in [-0.39, 0.29) is 0 Å². The molecule has 0 aromatic heterocycles. The number of fused-ring (bicyclic) bond motifs is 2. The number of aliphatic hydroxyl groups is 1. The summed E-state index contributed by atoms with van der Waals surface area (Å²) in [6.45, 7) is 2.17. The fraction of sp³-hybridized carbons (Fsp3) is 0.625. The highest BCUT2D eigenvalue weighted by molar-refractivity contribution is 5.33. The van der Waals surface area contributed by atoms with E-state index in [1.54, 1.807) is 0 Å². The van der Waals surface area contributed by atoms with Crippen LogP contribution in [-0.4, -0.2) is 29.1 Å². The first-order chi connectivity index (χ1) is 8.64. The fourth-order valence-corrected chi connectivity index (χ4v) is 3.95. The van der Waals surface area contributed by atoms with Gasteiger partial charge in [-0.05, 0) is 50.3 Å². The second-order valence-electron chi connectivity index (χ2n) is 6.00. The molecule has 2 atom stereocenters. The van der Waals surface area contributed by atoms with Crippen molar-refractivity contribution in [3.05, 3.63) is 35.4 Å². The van der Waals surface area contributed by atoms with Gasteiger partial charge in [0.1, 0.15) is 0 Å². The van der Waals surface area contributed by atoms with Crippen LogP contribution in [0.15, 0.2) is 24.3 Å². The molecule has 2 fully saturated rings. The minimum atomic E-state index is -0.592. The first kappa shape index (κ1) is 12.2. The molecule has 2 aliphatic heterocycles. The molecule has 2 heterocycles. The first-order valence-electron chi connectivity index (χ1n) is 7.17. The third-order valence-corrected chi connectivity index (χ3v) is 5.03. The van der Waals surface area contributed by atoms with Gasteiger partial charge >= 0.3 is 0 Å². The lowest BCUT2D eigenvalue weighted by Crippen LogP contribution is -2.47. The smallest absolute Gasteiger partial charge is 0.0929 e. The van der Waals surface area contributed by atoms with Crippen molar-refractivity contribution < 1.29 is 5.11 Å². The van der Waals surface area contributed by atoms with Gasteiger partial charge in [-0.1, -0.05) is 31.2 Å². The standard InChI is InChI=1S/C16H23NO/c1-3-12-6-4-5-7-15(12)16(18)10-13-8-9-14(11-16)17(13)2/h4-7,13-14,18H,3,8-11H2,1-2H3. The predicted molar refractivity (Wildman–Crippen MR) is 73.5 cm³/mol. The molecule has 98 valence electrons. The molecule has 0 saturated carbocycles. The van der Waals surface area contributed by atoms with Crippen LogP contribution in [0.1, 0.15) is 43.7 Å². The summed E-state index contributed by atoms with van der Waals surface area (Å²) in [6.07, 6.45) is 5.30. The largest absolute Gasteiger partial charge is 0.385 e. The highest BCUT2D eigenvalue weighted by Gasteiger charge is 2.47. The molecule has 1 aromatic carbocycles. The second-order valence-corrected chi connectivity index (χ2v) is 6.00. The van der Waals surface area contributed by atoms with Crippen molar-refractivity contribution in [2.75, 3.05) is 7.05 Å². The van der Waals surface area contributed by atoms with E-state index in [0.717, 1.165) is 19.3 Å². The average molecular weight is 245 g/mol. The summed E-state index contributed by atoms with van der Waals surface area (Å²) >= 11 is 0. The summed E-state index contributed by atoms with van der Waals surface area (Å²) in [5.74, 6) is 0. The number of hydrogen-bond donors (Lipinski definition) is 1. The van der Waals surface area contributed by atoms with Crippen LogP contribution in [0.25, 0.3) is 0 Å². The van der Waals surface area contributed by atoms with E-state index in [4.69, 9.17) is 0 Å². The molecule has 18 heavy (non-hydrogen) atoms. The van der Waals surface area contributed by atoms with Crippen LogP contribution < -0.4 is 0 Å². The minimum absolute atomic E-state index is 0.568. The predicted octanol–water partition coefficient (Wildman–Crippen LogP) is 2.69. The van der Waals surface area contributed by atoms with E-state index in [2.05, 4.69) is 43.1 Å². The molecular weight excluding hydrogens is 222 g/mol. The topological polar surface area (TPSA) is 23.5 Å². The lowest BCUT2D eigenvalue weighted by molar-refractivity contribution is -0.0498. The Hall–Kier alpha value is -0.860. The van der Waals surface area contributed by atoms with Crippen LogP contribution in [0.3, 0.4) is 0 Å². The Balaban J connectivity index is 1.96. The van der Waals surface area contributed by atoms with Gasteiger partial charge < -0.3 is 10.0 Å². The lowest BCUT2D eigenvalue weighted by Gasteiger charge is -2.43. The molecule has 2 saturated heterocycles. The van der Waals surface area contributed by atoms with Crippen molar-refractivity contribution in [3.63, 3.8) is 0 Å². The summed E-state index contributed by atoms with van der Waals surface area (Å²) < 4.78 is 0. The van der Waals surface area contributed by atoms with Gasteiger partial charge in [-0.15, -0.1) is 0 Å². The molecule has 0 amide bonds. The highest BCUT2D eigenvalue weighted by Crippen LogP contribution is 2.45. The molecule has 2 aliphatic rings. The second kappa shape index (κ2) is 4.36. The maximum absolute atomic E-state index is 11.1. The third kappa shape index (κ3) is 1.79. The van der Waals surface area contributed by atoms with E-state index < -0.39 is 5.60 Å². The molecular formula is C16H23NO. The highest BCUT2D eigenvalue weighted by atomic mass is 16.3. The number of aryl methyl sites for hydroxylation is 1. The Labute approximate surface area is 110 Å². The molecule has 3 rings (SSSR count). The normalized spacial score (nSPS) is 35.9. The van der Waals surface area contributed by atoms with Crippen molar-refractivity contribution >= 4 is 0 Å². The molecule has 2 bridgehead atoms. The SMILES string of the molecule is CCc1ccccc1C1(O)CC2CCC(C1)N2C. The zero-order valence-corrected chi connectivity index (χ0v) is 11.4. The van der Waals surface area contributed by atoms with Gasteiger partial charge in [0.15, 0.2) is 0 Å². The van der Waals surface area contributed by atoms with Gasteiger partial charge in [-0.3, -0.25) is 0 Å². The van der Waals surface area contributed by atoms with E-state index in [1.807, 2.05) is 0 Å². The maximum atomic E-state index is 11.1. The molecule has 1 aromatic rings. The first-order valence-corrected chi connectivity index (χ1v) is 7.17. The molecule has 2 unspecified atom stereocenters. The number of hydrogen-bond acceptors (Lipinski definition) is 2. The fourth-order valence-electron chi connectivity index (χ4n) is 3.95. The van der Waals surface area contributed by atoms with Gasteiger partial charge in [0.05, 0.1) is 5.60 Å². The van der Waals surface area contributed by atoms with Gasteiger partial charge in [-0.25, -0.2) is 0 Å². The Morgan fingerprint density at radius 3 is 2.44 bits per heavy atom. The Morgan fingerprint density at radius 1 is 1.22 bits per heavy atom. The lowest BCUT2D eigenvalue weighted by atomic mass is 9.78. The monoisotopic (exact) mass is 245 g/mol. The number of nitrogens with zero attached hydrogens (tertiary/aromatic N) is 1. The third-order valence-electron chi connectivity index (χ3n) is 5.03. The van der Waals surface area contributed by atoms with Crippen LogP contribution in [0.2, 0.25) is 0 Å². The number of rotatable bonds is 2. The van der Waals surface area contributed by atoms with Crippen LogP contribution >= 0.6 is 0 Å².